The van der Waals surface area contributed by atoms with Crippen LogP contribution in [0.3, 0.4) is 0 Å². The molecule has 0 N–H and O–H groups in total. The van der Waals surface area contributed by atoms with Crippen LogP contribution in [0.2, 0.25) is 0 Å². The van der Waals surface area contributed by atoms with Crippen LogP contribution in [0.4, 0.5) is 0 Å². The number of ether oxygens (including phenoxy) is 1. The molecule has 1 fully saturated rings. The van der Waals surface area contributed by atoms with Crippen molar-refractivity contribution in [1.29, 1.82) is 0 Å². The number of rotatable bonds is 2. The van der Waals surface area contributed by atoms with E-state index in [1.165, 1.54) is 6.42 Å². The summed E-state index contributed by atoms with van der Waals surface area (Å²) in [6.45, 7) is 4.45. The van der Waals surface area contributed by atoms with Gasteiger partial charge < -0.3 is 9.64 Å². The zero-order valence-electron chi connectivity index (χ0n) is 8.75. The normalized spacial score (nSPS) is 29.0. The summed E-state index contributed by atoms with van der Waals surface area (Å²) in [6.07, 6.45) is 3.48. The summed E-state index contributed by atoms with van der Waals surface area (Å²) in [5.74, 6) is 0.127. The van der Waals surface area contributed by atoms with Crippen LogP contribution in [-0.4, -0.2) is 36.6 Å². The van der Waals surface area contributed by atoms with Crippen LogP contribution >= 0.6 is 0 Å². The molecule has 0 aliphatic carbocycles. The standard InChI is InChI=1S/C10H19NO2/c1-8-5-4-6-9(2)11(8)10(12)7-13-3/h8-9H,4-7H2,1-3H3. The first kappa shape index (κ1) is 10.5. The van der Waals surface area contributed by atoms with E-state index < -0.39 is 0 Å². The number of amides is 1. The minimum absolute atomic E-state index is 0.127. The van der Waals surface area contributed by atoms with E-state index >= 15 is 0 Å². The summed E-state index contributed by atoms with van der Waals surface area (Å²) in [5, 5.41) is 0. The van der Waals surface area contributed by atoms with Crippen molar-refractivity contribution >= 4 is 5.91 Å². The molecule has 1 aliphatic rings. The molecule has 0 radical (unpaired) electrons. The van der Waals surface area contributed by atoms with E-state index in [-0.39, 0.29) is 12.5 Å². The third-order valence-electron chi connectivity index (χ3n) is 2.75. The van der Waals surface area contributed by atoms with Crippen molar-refractivity contribution in [2.45, 2.75) is 45.2 Å². The van der Waals surface area contributed by atoms with Crippen LogP contribution in [0.1, 0.15) is 33.1 Å². The van der Waals surface area contributed by atoms with Crippen molar-refractivity contribution in [3.63, 3.8) is 0 Å². The smallest absolute Gasteiger partial charge is 0.249 e. The van der Waals surface area contributed by atoms with Crippen LogP contribution in [0.25, 0.3) is 0 Å². The van der Waals surface area contributed by atoms with Gasteiger partial charge in [0.2, 0.25) is 5.91 Å². The molecule has 13 heavy (non-hydrogen) atoms. The van der Waals surface area contributed by atoms with Gasteiger partial charge in [-0.1, -0.05) is 0 Å². The van der Waals surface area contributed by atoms with Crippen LogP contribution in [0.5, 0.6) is 0 Å². The lowest BCUT2D eigenvalue weighted by atomic mass is 9.97. The Morgan fingerprint density at radius 1 is 1.38 bits per heavy atom. The number of hydrogen-bond acceptors (Lipinski definition) is 2. The van der Waals surface area contributed by atoms with Gasteiger partial charge in [-0.05, 0) is 33.1 Å². The van der Waals surface area contributed by atoms with Gasteiger partial charge in [0.15, 0.2) is 0 Å². The van der Waals surface area contributed by atoms with Gasteiger partial charge in [0, 0.05) is 19.2 Å². The highest BCUT2D eigenvalue weighted by molar-refractivity contribution is 5.78. The Kier molecular flexibility index (Phi) is 3.72. The van der Waals surface area contributed by atoms with E-state index in [4.69, 9.17) is 4.74 Å². The molecule has 0 spiro atoms. The first-order valence-corrected chi connectivity index (χ1v) is 4.97. The second-order valence-electron chi connectivity index (χ2n) is 3.86. The molecule has 0 aromatic heterocycles. The molecule has 1 aliphatic heterocycles. The SMILES string of the molecule is COCC(=O)N1C(C)CCCC1C. The topological polar surface area (TPSA) is 29.5 Å². The monoisotopic (exact) mass is 185 g/mol. The molecule has 2 atom stereocenters. The van der Waals surface area contributed by atoms with Gasteiger partial charge in [-0.2, -0.15) is 0 Å². The molecule has 1 rings (SSSR count). The molecule has 76 valence electrons. The Balaban J connectivity index is 2.57. The lowest BCUT2D eigenvalue weighted by Crippen LogP contribution is -2.48. The third kappa shape index (κ3) is 2.44. The number of methoxy groups -OCH3 is 1. The number of likely N-dealkylation sites (tertiary alicyclic amines) is 1. The Hall–Kier alpha value is -0.570. The molecule has 3 heteroatoms. The summed E-state index contributed by atoms with van der Waals surface area (Å²) in [7, 11) is 1.57. The number of nitrogens with zero attached hydrogens (tertiary/aromatic N) is 1. The second kappa shape index (κ2) is 4.61. The highest BCUT2D eigenvalue weighted by Gasteiger charge is 2.28. The fourth-order valence-corrected chi connectivity index (χ4v) is 2.11. The molecule has 1 heterocycles. The number of carbonyl (C=O) groups excluding carboxylic acids is 1. The molecule has 0 saturated carbocycles. The zero-order valence-corrected chi connectivity index (χ0v) is 8.75. The summed E-state index contributed by atoms with van der Waals surface area (Å²) < 4.78 is 4.86. The zero-order chi connectivity index (χ0) is 9.84. The minimum Gasteiger partial charge on any atom is -0.375 e. The molecule has 2 unspecified atom stereocenters. The van der Waals surface area contributed by atoms with E-state index in [1.807, 2.05) is 4.90 Å². The van der Waals surface area contributed by atoms with Gasteiger partial charge in [-0.25, -0.2) is 0 Å². The Bertz CT molecular complexity index is 172. The molecular formula is C10H19NO2. The van der Waals surface area contributed by atoms with Gasteiger partial charge in [-0.3, -0.25) is 4.79 Å². The molecule has 1 amide bonds. The predicted octanol–water partition coefficient (Wildman–Crippen LogP) is 1.42. The number of carbonyl (C=O) groups is 1. The Morgan fingerprint density at radius 2 is 1.92 bits per heavy atom. The molecular weight excluding hydrogens is 166 g/mol. The van der Waals surface area contributed by atoms with Crippen molar-refractivity contribution in [2.75, 3.05) is 13.7 Å². The van der Waals surface area contributed by atoms with Gasteiger partial charge in [-0.15, -0.1) is 0 Å². The lowest BCUT2D eigenvalue weighted by Gasteiger charge is -2.38. The molecule has 0 aromatic carbocycles. The average Bonchev–Trinajstić information content (AvgIpc) is 2.04. The van der Waals surface area contributed by atoms with Crippen LogP contribution in [0.15, 0.2) is 0 Å². The quantitative estimate of drug-likeness (QED) is 0.651. The van der Waals surface area contributed by atoms with Gasteiger partial charge >= 0.3 is 0 Å². The fourth-order valence-electron chi connectivity index (χ4n) is 2.11. The summed E-state index contributed by atoms with van der Waals surface area (Å²) >= 11 is 0. The van der Waals surface area contributed by atoms with Gasteiger partial charge in [0.1, 0.15) is 6.61 Å². The average molecular weight is 185 g/mol. The van der Waals surface area contributed by atoms with Crippen LogP contribution in [-0.2, 0) is 9.53 Å². The van der Waals surface area contributed by atoms with Crippen LogP contribution < -0.4 is 0 Å². The first-order valence-electron chi connectivity index (χ1n) is 4.97. The van der Waals surface area contributed by atoms with Crippen molar-refractivity contribution in [2.24, 2.45) is 0 Å². The maximum absolute atomic E-state index is 11.6. The molecule has 3 nitrogen and oxygen atoms in total. The predicted molar refractivity (Wildman–Crippen MR) is 51.5 cm³/mol. The minimum atomic E-state index is 0.127. The van der Waals surface area contributed by atoms with Crippen molar-refractivity contribution in [3.8, 4) is 0 Å². The van der Waals surface area contributed by atoms with E-state index in [0.29, 0.717) is 12.1 Å². The largest absolute Gasteiger partial charge is 0.375 e. The Labute approximate surface area is 80.1 Å². The Morgan fingerprint density at radius 3 is 2.38 bits per heavy atom. The molecule has 1 saturated heterocycles. The lowest BCUT2D eigenvalue weighted by molar-refractivity contribution is -0.141. The second-order valence-corrected chi connectivity index (χ2v) is 3.86. The van der Waals surface area contributed by atoms with Crippen molar-refractivity contribution in [3.05, 3.63) is 0 Å². The van der Waals surface area contributed by atoms with Gasteiger partial charge in [0.25, 0.3) is 0 Å². The highest BCUT2D eigenvalue weighted by Crippen LogP contribution is 2.22. The van der Waals surface area contributed by atoms with Crippen molar-refractivity contribution in [1.82, 2.24) is 4.90 Å². The first-order chi connectivity index (χ1) is 6.16. The van der Waals surface area contributed by atoms with Crippen LogP contribution in [0, 0.1) is 0 Å². The van der Waals surface area contributed by atoms with E-state index in [0.717, 1.165) is 12.8 Å². The highest BCUT2D eigenvalue weighted by atomic mass is 16.5. The van der Waals surface area contributed by atoms with E-state index in [2.05, 4.69) is 13.8 Å². The maximum Gasteiger partial charge on any atom is 0.249 e. The number of hydrogen-bond donors (Lipinski definition) is 0. The summed E-state index contributed by atoms with van der Waals surface area (Å²) in [6, 6.07) is 0.762. The molecule has 0 aromatic rings. The maximum atomic E-state index is 11.6. The third-order valence-corrected chi connectivity index (χ3v) is 2.75. The van der Waals surface area contributed by atoms with E-state index in [1.54, 1.807) is 7.11 Å². The summed E-state index contributed by atoms with van der Waals surface area (Å²) in [4.78, 5) is 13.6. The van der Waals surface area contributed by atoms with Crippen molar-refractivity contribution < 1.29 is 9.53 Å². The van der Waals surface area contributed by atoms with E-state index in [9.17, 15) is 4.79 Å². The number of piperidine rings is 1. The molecule has 0 bridgehead atoms. The fraction of sp³-hybridized carbons (Fsp3) is 0.900. The van der Waals surface area contributed by atoms with Gasteiger partial charge in [0.05, 0.1) is 0 Å². The summed E-state index contributed by atoms with van der Waals surface area (Å²) in [5.41, 5.74) is 0.